The van der Waals surface area contributed by atoms with E-state index in [2.05, 4.69) is 29.1 Å². The Morgan fingerprint density at radius 3 is 2.88 bits per heavy atom. The average molecular weight is 325 g/mol. The number of fused-ring (bicyclic) bond motifs is 1. The van der Waals surface area contributed by atoms with Gasteiger partial charge in [0.15, 0.2) is 0 Å². The van der Waals surface area contributed by atoms with Gasteiger partial charge in [-0.15, -0.1) is 0 Å². The molecule has 0 unspecified atom stereocenters. The number of aromatic nitrogens is 2. The molecule has 1 amide bonds. The molecule has 2 N–H and O–H groups in total. The molecule has 2 heterocycles. The van der Waals surface area contributed by atoms with Crippen molar-refractivity contribution >= 4 is 16.8 Å². The van der Waals surface area contributed by atoms with Gasteiger partial charge in [-0.25, -0.2) is 4.98 Å². The zero-order valence-corrected chi connectivity index (χ0v) is 13.6. The molecular formula is C18H19N3O3. The number of rotatable bonds is 5. The first-order chi connectivity index (χ1) is 11.5. The molecule has 0 saturated carbocycles. The topological polar surface area (TPSA) is 88.0 Å². The zero-order chi connectivity index (χ0) is 17.1. The van der Waals surface area contributed by atoms with Gasteiger partial charge in [0.05, 0.1) is 30.1 Å². The third kappa shape index (κ3) is 3.53. The van der Waals surface area contributed by atoms with Crippen molar-refractivity contribution in [3.05, 3.63) is 64.1 Å². The third-order valence-corrected chi connectivity index (χ3v) is 3.81. The fourth-order valence-electron chi connectivity index (χ4n) is 2.46. The molecule has 0 bridgehead atoms. The van der Waals surface area contributed by atoms with Gasteiger partial charge in [-0.1, -0.05) is 19.9 Å². The molecule has 0 spiro atoms. The highest BCUT2D eigenvalue weighted by molar-refractivity contribution is 5.80. The molecule has 0 aliphatic heterocycles. The van der Waals surface area contributed by atoms with Gasteiger partial charge < -0.3 is 14.7 Å². The lowest BCUT2D eigenvalue weighted by molar-refractivity contribution is -0.120. The van der Waals surface area contributed by atoms with E-state index in [1.54, 1.807) is 18.4 Å². The van der Waals surface area contributed by atoms with E-state index in [0.29, 0.717) is 35.0 Å². The van der Waals surface area contributed by atoms with Crippen LogP contribution in [-0.4, -0.2) is 15.9 Å². The molecule has 3 aromatic rings. The van der Waals surface area contributed by atoms with Crippen molar-refractivity contribution in [1.82, 2.24) is 15.3 Å². The van der Waals surface area contributed by atoms with Gasteiger partial charge in [-0.05, 0) is 35.7 Å². The van der Waals surface area contributed by atoms with Gasteiger partial charge in [-0.3, -0.25) is 9.59 Å². The summed E-state index contributed by atoms with van der Waals surface area (Å²) < 4.78 is 5.15. The molecule has 0 atom stereocenters. The molecule has 24 heavy (non-hydrogen) atoms. The number of aromatic amines is 1. The fraction of sp³-hybridized carbons (Fsp3) is 0.278. The molecule has 124 valence electrons. The second-order valence-electron chi connectivity index (χ2n) is 5.98. The van der Waals surface area contributed by atoms with E-state index >= 15 is 0 Å². The molecule has 3 rings (SSSR count). The fourth-order valence-corrected chi connectivity index (χ4v) is 2.46. The maximum absolute atomic E-state index is 12.3. The Kier molecular flexibility index (Phi) is 4.46. The second-order valence-corrected chi connectivity index (χ2v) is 5.98. The molecule has 2 aromatic heterocycles. The Labute approximate surface area is 138 Å². The van der Waals surface area contributed by atoms with Crippen LogP contribution >= 0.6 is 0 Å². The number of carbonyl (C=O) groups is 1. The predicted octanol–water partition coefficient (Wildman–Crippen LogP) is 2.50. The average Bonchev–Trinajstić information content (AvgIpc) is 3.06. The zero-order valence-electron chi connectivity index (χ0n) is 13.6. The molecule has 0 aliphatic carbocycles. The van der Waals surface area contributed by atoms with Crippen LogP contribution in [0.5, 0.6) is 0 Å². The molecule has 0 aliphatic rings. The van der Waals surface area contributed by atoms with E-state index in [9.17, 15) is 9.59 Å². The van der Waals surface area contributed by atoms with Crippen molar-refractivity contribution in [2.45, 2.75) is 32.7 Å². The monoisotopic (exact) mass is 325 g/mol. The van der Waals surface area contributed by atoms with E-state index in [1.807, 2.05) is 18.2 Å². The number of hydrogen-bond donors (Lipinski definition) is 2. The number of carbonyl (C=O) groups excluding carboxylic acids is 1. The van der Waals surface area contributed by atoms with Gasteiger partial charge in [0.2, 0.25) is 5.91 Å². The van der Waals surface area contributed by atoms with Crippen LogP contribution in [0.4, 0.5) is 0 Å². The normalized spacial score (nSPS) is 11.1. The maximum atomic E-state index is 12.3. The standard InChI is InChI=1S/C18H19N3O3/c1-11(2)12-5-6-15-14(8-12)18(23)21-16(20-15)9-17(22)19-10-13-4-3-7-24-13/h3-8,11H,9-10H2,1-2H3,(H,19,22)(H,20,21,23). The summed E-state index contributed by atoms with van der Waals surface area (Å²) in [5, 5.41) is 3.27. The quantitative estimate of drug-likeness (QED) is 0.754. The number of benzene rings is 1. The minimum atomic E-state index is -0.229. The summed E-state index contributed by atoms with van der Waals surface area (Å²) in [6.07, 6.45) is 1.56. The van der Waals surface area contributed by atoms with E-state index in [1.165, 1.54) is 0 Å². The van der Waals surface area contributed by atoms with Crippen LogP contribution in [0.15, 0.2) is 45.8 Å². The first kappa shape index (κ1) is 16.0. The van der Waals surface area contributed by atoms with Gasteiger partial charge in [0.25, 0.3) is 5.56 Å². The van der Waals surface area contributed by atoms with Crippen LogP contribution in [0.25, 0.3) is 10.9 Å². The molecule has 6 nitrogen and oxygen atoms in total. The van der Waals surface area contributed by atoms with Gasteiger partial charge >= 0.3 is 0 Å². The number of amides is 1. The third-order valence-electron chi connectivity index (χ3n) is 3.81. The lowest BCUT2D eigenvalue weighted by Gasteiger charge is -2.07. The van der Waals surface area contributed by atoms with Crippen LogP contribution in [0, 0.1) is 0 Å². The minimum absolute atomic E-state index is 0.0117. The number of H-pyrrole nitrogens is 1. The second kappa shape index (κ2) is 6.70. The van der Waals surface area contributed by atoms with E-state index < -0.39 is 0 Å². The summed E-state index contributed by atoms with van der Waals surface area (Å²) >= 11 is 0. The highest BCUT2D eigenvalue weighted by atomic mass is 16.3. The number of nitrogens with zero attached hydrogens (tertiary/aromatic N) is 1. The number of hydrogen-bond acceptors (Lipinski definition) is 4. The highest BCUT2D eigenvalue weighted by Crippen LogP contribution is 2.18. The van der Waals surface area contributed by atoms with Crippen LogP contribution in [0.1, 0.15) is 36.9 Å². The SMILES string of the molecule is CC(C)c1ccc2nc(CC(=O)NCc3ccco3)[nH]c(=O)c2c1. The molecule has 0 fully saturated rings. The van der Waals surface area contributed by atoms with Crippen molar-refractivity contribution < 1.29 is 9.21 Å². The van der Waals surface area contributed by atoms with E-state index in [0.717, 1.165) is 5.56 Å². The van der Waals surface area contributed by atoms with Crippen LogP contribution in [0.2, 0.25) is 0 Å². The van der Waals surface area contributed by atoms with E-state index in [-0.39, 0.29) is 17.9 Å². The first-order valence-electron chi connectivity index (χ1n) is 7.85. The van der Waals surface area contributed by atoms with Gasteiger partial charge in [0, 0.05) is 0 Å². The summed E-state index contributed by atoms with van der Waals surface area (Å²) in [5.74, 6) is 1.12. The van der Waals surface area contributed by atoms with Crippen molar-refractivity contribution in [3.63, 3.8) is 0 Å². The van der Waals surface area contributed by atoms with Crippen molar-refractivity contribution in [3.8, 4) is 0 Å². The van der Waals surface area contributed by atoms with Gasteiger partial charge in [-0.2, -0.15) is 0 Å². The minimum Gasteiger partial charge on any atom is -0.467 e. The molecular weight excluding hydrogens is 306 g/mol. The lowest BCUT2D eigenvalue weighted by Crippen LogP contribution is -2.26. The predicted molar refractivity (Wildman–Crippen MR) is 90.7 cm³/mol. The largest absolute Gasteiger partial charge is 0.467 e. The van der Waals surface area contributed by atoms with E-state index in [4.69, 9.17) is 4.42 Å². The number of nitrogens with one attached hydrogen (secondary N) is 2. The number of furan rings is 1. The Morgan fingerprint density at radius 2 is 2.17 bits per heavy atom. The van der Waals surface area contributed by atoms with Gasteiger partial charge in [0.1, 0.15) is 11.6 Å². The summed E-state index contributed by atoms with van der Waals surface area (Å²) in [4.78, 5) is 31.3. The van der Waals surface area contributed by atoms with Crippen LogP contribution < -0.4 is 10.9 Å². The summed E-state index contributed by atoms with van der Waals surface area (Å²) in [6, 6.07) is 9.18. The summed E-state index contributed by atoms with van der Waals surface area (Å²) in [5.41, 5.74) is 1.45. The molecule has 0 saturated heterocycles. The molecule has 1 aromatic carbocycles. The lowest BCUT2D eigenvalue weighted by atomic mass is 10.0. The van der Waals surface area contributed by atoms with Crippen LogP contribution in [0.3, 0.4) is 0 Å². The van der Waals surface area contributed by atoms with Crippen LogP contribution in [-0.2, 0) is 17.8 Å². The highest BCUT2D eigenvalue weighted by Gasteiger charge is 2.10. The Morgan fingerprint density at radius 1 is 1.33 bits per heavy atom. The summed E-state index contributed by atoms with van der Waals surface area (Å²) in [6.45, 7) is 4.45. The van der Waals surface area contributed by atoms with Crippen molar-refractivity contribution in [2.24, 2.45) is 0 Å². The Bertz CT molecular complexity index is 911. The van der Waals surface area contributed by atoms with Crippen molar-refractivity contribution in [2.75, 3.05) is 0 Å². The Hall–Kier alpha value is -2.89. The van der Waals surface area contributed by atoms with Crippen molar-refractivity contribution in [1.29, 1.82) is 0 Å². The molecule has 0 radical (unpaired) electrons. The summed E-state index contributed by atoms with van der Waals surface area (Å²) in [7, 11) is 0. The maximum Gasteiger partial charge on any atom is 0.258 e. The Balaban J connectivity index is 1.76. The molecule has 6 heteroatoms. The smallest absolute Gasteiger partial charge is 0.258 e. The first-order valence-corrected chi connectivity index (χ1v) is 7.85.